The van der Waals surface area contributed by atoms with Crippen molar-refractivity contribution in [2.75, 3.05) is 6.61 Å². The van der Waals surface area contributed by atoms with E-state index in [0.29, 0.717) is 5.92 Å². The van der Waals surface area contributed by atoms with Crippen molar-refractivity contribution in [2.24, 2.45) is 5.92 Å². The number of benzene rings is 2. The van der Waals surface area contributed by atoms with Crippen molar-refractivity contribution in [3.05, 3.63) is 60.7 Å². The second kappa shape index (κ2) is 9.68. The van der Waals surface area contributed by atoms with Gasteiger partial charge in [0.1, 0.15) is 0 Å². The zero-order chi connectivity index (χ0) is 19.9. The molecule has 0 saturated heterocycles. The van der Waals surface area contributed by atoms with Crippen molar-refractivity contribution in [3.63, 3.8) is 0 Å². The molecule has 2 aromatic rings. The number of hydrogen-bond donors (Lipinski definition) is 1. The van der Waals surface area contributed by atoms with Crippen molar-refractivity contribution < 1.29 is 9.53 Å². The normalized spacial score (nSPS) is 14.7. The Bertz CT molecular complexity index is 624. The van der Waals surface area contributed by atoms with Crippen LogP contribution in [0.4, 0.5) is 0 Å². The van der Waals surface area contributed by atoms with Crippen LogP contribution >= 0.6 is 0 Å². The van der Waals surface area contributed by atoms with Crippen LogP contribution in [0.1, 0.15) is 53.9 Å². The molecule has 0 unspecified atom stereocenters. The lowest BCUT2D eigenvalue weighted by molar-refractivity contribution is 0.180. The minimum Gasteiger partial charge on any atom is -0.405 e. The fourth-order valence-electron chi connectivity index (χ4n) is 3.94. The lowest BCUT2D eigenvalue weighted by Gasteiger charge is -2.44. The van der Waals surface area contributed by atoms with Crippen LogP contribution in [0.25, 0.3) is 0 Å². The highest BCUT2D eigenvalue weighted by atomic mass is 28.4. The summed E-state index contributed by atoms with van der Waals surface area (Å²) in [6, 6.07) is 21.6. The Kier molecular flexibility index (Phi) is 7.84. The lowest BCUT2D eigenvalue weighted by Crippen LogP contribution is -2.67. The molecule has 27 heavy (non-hydrogen) atoms. The number of rotatable bonds is 9. The first-order valence-electron chi connectivity index (χ1n) is 10.2. The van der Waals surface area contributed by atoms with Crippen LogP contribution in [0.5, 0.6) is 0 Å². The molecule has 0 heterocycles. The zero-order valence-electron chi connectivity index (χ0n) is 17.6. The van der Waals surface area contributed by atoms with Gasteiger partial charge in [-0.3, -0.25) is 0 Å². The van der Waals surface area contributed by atoms with Gasteiger partial charge in [0.25, 0.3) is 8.32 Å². The van der Waals surface area contributed by atoms with Crippen molar-refractivity contribution in [2.45, 2.75) is 65.0 Å². The molecule has 148 valence electrons. The molecular weight excluding hydrogens is 348 g/mol. The fourth-order valence-corrected chi connectivity index (χ4v) is 8.67. The molecule has 2 nitrogen and oxygen atoms in total. The van der Waals surface area contributed by atoms with Crippen LogP contribution in [0.2, 0.25) is 5.04 Å². The third kappa shape index (κ3) is 5.31. The molecule has 2 aromatic carbocycles. The third-order valence-corrected chi connectivity index (χ3v) is 10.6. The van der Waals surface area contributed by atoms with Gasteiger partial charge in [0.2, 0.25) is 0 Å². The van der Waals surface area contributed by atoms with Gasteiger partial charge in [0, 0.05) is 12.7 Å². The Hall–Kier alpha value is -1.42. The van der Waals surface area contributed by atoms with E-state index in [0.717, 1.165) is 19.3 Å². The summed E-state index contributed by atoms with van der Waals surface area (Å²) in [5.74, 6) is 0.528. The fraction of sp³-hybridized carbons (Fsp3) is 0.500. The Morgan fingerprint density at radius 3 is 1.70 bits per heavy atom. The molecule has 0 fully saturated rings. The van der Waals surface area contributed by atoms with Gasteiger partial charge < -0.3 is 9.53 Å². The number of hydrogen-bond acceptors (Lipinski definition) is 2. The molecular formula is C24H36O2Si. The van der Waals surface area contributed by atoms with E-state index in [-0.39, 0.29) is 17.7 Å². The maximum absolute atomic E-state index is 9.17. The van der Waals surface area contributed by atoms with Gasteiger partial charge >= 0.3 is 0 Å². The smallest absolute Gasteiger partial charge is 0.261 e. The van der Waals surface area contributed by atoms with Gasteiger partial charge in [-0.05, 0) is 47.5 Å². The van der Waals surface area contributed by atoms with Crippen LogP contribution < -0.4 is 10.4 Å². The van der Waals surface area contributed by atoms with Gasteiger partial charge in [0.05, 0.1) is 0 Å². The van der Waals surface area contributed by atoms with Crippen molar-refractivity contribution in [1.29, 1.82) is 0 Å². The highest BCUT2D eigenvalue weighted by Crippen LogP contribution is 2.38. The quantitative estimate of drug-likeness (QED) is 0.632. The summed E-state index contributed by atoms with van der Waals surface area (Å²) in [6.45, 7) is 11.7. The third-order valence-electron chi connectivity index (χ3n) is 5.48. The summed E-state index contributed by atoms with van der Waals surface area (Å²) >= 11 is 0. The minimum atomic E-state index is -2.45. The number of aliphatic hydroxyl groups excluding tert-OH is 1. The SMILES string of the molecule is C[C@H](CCO)CC[C@@H](C)O[Si](c1ccccc1)(c1ccccc1)C(C)(C)C. The molecule has 0 aliphatic carbocycles. The Morgan fingerprint density at radius 2 is 1.30 bits per heavy atom. The van der Waals surface area contributed by atoms with Crippen LogP contribution in [0.3, 0.4) is 0 Å². The van der Waals surface area contributed by atoms with Gasteiger partial charge in [0.15, 0.2) is 0 Å². The molecule has 0 radical (unpaired) electrons. The van der Waals surface area contributed by atoms with E-state index in [1.165, 1.54) is 10.4 Å². The summed E-state index contributed by atoms with van der Waals surface area (Å²) in [7, 11) is -2.45. The standard InChI is InChI=1S/C24H36O2Si/c1-20(18-19-25)16-17-21(2)26-27(24(3,4)5,22-12-8-6-9-13-22)23-14-10-7-11-15-23/h6-15,20-21,25H,16-19H2,1-5H3/t20-,21+/m0/s1. The predicted molar refractivity (Wildman–Crippen MR) is 118 cm³/mol. The summed E-state index contributed by atoms with van der Waals surface area (Å²) in [5, 5.41) is 11.8. The van der Waals surface area contributed by atoms with Crippen LogP contribution in [-0.2, 0) is 4.43 Å². The van der Waals surface area contributed by atoms with E-state index >= 15 is 0 Å². The zero-order valence-corrected chi connectivity index (χ0v) is 18.6. The van der Waals surface area contributed by atoms with Gasteiger partial charge in [-0.15, -0.1) is 0 Å². The monoisotopic (exact) mass is 384 g/mol. The molecule has 0 bridgehead atoms. The maximum Gasteiger partial charge on any atom is 0.261 e. The molecule has 0 amide bonds. The van der Waals surface area contributed by atoms with E-state index in [4.69, 9.17) is 9.53 Å². The summed E-state index contributed by atoms with van der Waals surface area (Å²) < 4.78 is 7.08. The molecule has 1 N–H and O–H groups in total. The van der Waals surface area contributed by atoms with E-state index in [9.17, 15) is 0 Å². The largest absolute Gasteiger partial charge is 0.405 e. The molecule has 2 rings (SSSR count). The highest BCUT2D eigenvalue weighted by Gasteiger charge is 2.50. The second-order valence-corrected chi connectivity index (χ2v) is 13.0. The molecule has 0 spiro atoms. The van der Waals surface area contributed by atoms with Crippen molar-refractivity contribution in [1.82, 2.24) is 0 Å². The maximum atomic E-state index is 9.17. The molecule has 0 aliphatic heterocycles. The average molecular weight is 385 g/mol. The second-order valence-electron chi connectivity index (χ2n) is 8.79. The van der Waals surface area contributed by atoms with E-state index in [1.54, 1.807) is 0 Å². The van der Waals surface area contributed by atoms with E-state index in [2.05, 4.69) is 95.3 Å². The Morgan fingerprint density at radius 1 is 0.815 bits per heavy atom. The summed E-state index contributed by atoms with van der Waals surface area (Å²) in [6.07, 6.45) is 3.15. The Balaban J connectivity index is 2.40. The van der Waals surface area contributed by atoms with Gasteiger partial charge in [-0.1, -0.05) is 88.4 Å². The molecule has 0 saturated carbocycles. The van der Waals surface area contributed by atoms with Crippen LogP contribution in [0.15, 0.2) is 60.7 Å². The summed E-state index contributed by atoms with van der Waals surface area (Å²) in [5.41, 5.74) is 0. The highest BCUT2D eigenvalue weighted by molar-refractivity contribution is 6.99. The average Bonchev–Trinajstić information content (AvgIpc) is 2.65. The molecule has 0 aliphatic rings. The Labute approximate surface area is 166 Å². The van der Waals surface area contributed by atoms with Gasteiger partial charge in [-0.25, -0.2) is 0 Å². The van der Waals surface area contributed by atoms with Gasteiger partial charge in [-0.2, -0.15) is 0 Å². The first-order valence-corrected chi connectivity index (χ1v) is 12.1. The molecule has 3 heteroatoms. The topological polar surface area (TPSA) is 29.5 Å². The van der Waals surface area contributed by atoms with Crippen LogP contribution in [-0.4, -0.2) is 26.1 Å². The minimum absolute atomic E-state index is 0.0146. The predicted octanol–water partition coefficient (Wildman–Crippen LogP) is 4.75. The van der Waals surface area contributed by atoms with E-state index in [1.807, 2.05) is 0 Å². The van der Waals surface area contributed by atoms with Crippen molar-refractivity contribution in [3.8, 4) is 0 Å². The molecule has 0 aromatic heterocycles. The summed E-state index contributed by atoms with van der Waals surface area (Å²) in [4.78, 5) is 0. The first kappa shape index (κ1) is 21.9. The van der Waals surface area contributed by atoms with Crippen molar-refractivity contribution >= 4 is 18.7 Å². The lowest BCUT2D eigenvalue weighted by atomic mass is 10.0. The first-order chi connectivity index (χ1) is 12.8. The van der Waals surface area contributed by atoms with Crippen LogP contribution in [0, 0.1) is 5.92 Å². The van der Waals surface area contributed by atoms with E-state index < -0.39 is 8.32 Å². The molecule has 2 atom stereocenters. The number of aliphatic hydroxyl groups is 1.